The molecule has 0 atom stereocenters. The Labute approximate surface area is 127 Å². The number of halogens is 1. The lowest BCUT2D eigenvalue weighted by atomic mass is 9.86. The first-order chi connectivity index (χ1) is 9.84. The van der Waals surface area contributed by atoms with Crippen molar-refractivity contribution < 1.29 is 14.4 Å². The van der Waals surface area contributed by atoms with Gasteiger partial charge in [-0.3, -0.25) is 4.79 Å². The molecule has 1 aromatic carbocycles. The van der Waals surface area contributed by atoms with E-state index in [-0.39, 0.29) is 6.42 Å². The molecule has 0 spiro atoms. The number of benzene rings is 1. The summed E-state index contributed by atoms with van der Waals surface area (Å²) in [5, 5.41) is 13.5. The molecule has 0 radical (unpaired) electrons. The van der Waals surface area contributed by atoms with Crippen LogP contribution in [0.3, 0.4) is 0 Å². The molecule has 2 aromatic rings. The average Bonchev–Trinajstić information content (AvgIpc) is 2.73. The lowest BCUT2D eigenvalue weighted by Gasteiger charge is -2.19. The topological polar surface area (TPSA) is 76.2 Å². The molecule has 1 heterocycles. The van der Waals surface area contributed by atoms with E-state index < -0.39 is 11.4 Å². The highest BCUT2D eigenvalue weighted by Crippen LogP contribution is 2.25. The number of nitrogens with zero attached hydrogens (tertiary/aromatic N) is 2. The van der Waals surface area contributed by atoms with Gasteiger partial charge in [-0.2, -0.15) is 4.98 Å². The predicted molar refractivity (Wildman–Crippen MR) is 78.3 cm³/mol. The molecule has 112 valence electrons. The highest BCUT2D eigenvalue weighted by atomic mass is 35.5. The quantitative estimate of drug-likeness (QED) is 0.885. The number of hydrogen-bond acceptors (Lipinski definition) is 4. The Hall–Kier alpha value is -1.88. The van der Waals surface area contributed by atoms with Gasteiger partial charge in [0.2, 0.25) is 5.89 Å². The van der Waals surface area contributed by atoms with E-state index >= 15 is 0 Å². The second-order valence-electron chi connectivity index (χ2n) is 5.82. The van der Waals surface area contributed by atoms with E-state index in [0.717, 1.165) is 5.56 Å². The van der Waals surface area contributed by atoms with Crippen LogP contribution in [-0.4, -0.2) is 21.2 Å². The molecule has 1 aromatic heterocycles. The monoisotopic (exact) mass is 308 g/mol. The molecule has 0 fully saturated rings. The van der Waals surface area contributed by atoms with Crippen LogP contribution in [0, 0.1) is 5.41 Å². The van der Waals surface area contributed by atoms with Gasteiger partial charge in [-0.15, -0.1) is 0 Å². The van der Waals surface area contributed by atoms with Crippen LogP contribution in [0.15, 0.2) is 28.8 Å². The Morgan fingerprint density at radius 2 is 2.19 bits per heavy atom. The van der Waals surface area contributed by atoms with Crippen molar-refractivity contribution in [1.82, 2.24) is 10.1 Å². The van der Waals surface area contributed by atoms with Gasteiger partial charge in [0.25, 0.3) is 0 Å². The van der Waals surface area contributed by atoms with Gasteiger partial charge in [0, 0.05) is 17.9 Å². The molecular weight excluding hydrogens is 292 g/mol. The minimum absolute atomic E-state index is 0.0546. The highest BCUT2D eigenvalue weighted by molar-refractivity contribution is 6.30. The predicted octanol–water partition coefficient (Wildman–Crippen LogP) is 3.36. The molecule has 21 heavy (non-hydrogen) atoms. The molecule has 0 bridgehead atoms. The van der Waals surface area contributed by atoms with E-state index in [2.05, 4.69) is 10.1 Å². The summed E-state index contributed by atoms with van der Waals surface area (Å²) in [4.78, 5) is 15.1. The van der Waals surface area contributed by atoms with Crippen LogP contribution in [0.5, 0.6) is 0 Å². The molecular formula is C15H17ClN2O3. The van der Waals surface area contributed by atoms with Crippen molar-refractivity contribution in [2.45, 2.75) is 33.1 Å². The van der Waals surface area contributed by atoms with Crippen molar-refractivity contribution >= 4 is 17.6 Å². The van der Waals surface area contributed by atoms with Crippen molar-refractivity contribution in [3.8, 4) is 0 Å². The number of rotatable bonds is 6. The van der Waals surface area contributed by atoms with E-state index in [1.165, 1.54) is 0 Å². The second kappa shape index (κ2) is 6.26. The number of carboxylic acid groups (broad SMARTS) is 1. The van der Waals surface area contributed by atoms with E-state index in [1.54, 1.807) is 6.07 Å². The molecule has 0 unspecified atom stereocenters. The third kappa shape index (κ3) is 4.86. The molecule has 1 N–H and O–H groups in total. The minimum Gasteiger partial charge on any atom is -0.481 e. The first-order valence-corrected chi connectivity index (χ1v) is 6.99. The highest BCUT2D eigenvalue weighted by Gasteiger charge is 2.25. The summed E-state index contributed by atoms with van der Waals surface area (Å²) in [6.07, 6.45) is 1.02. The summed E-state index contributed by atoms with van der Waals surface area (Å²) in [5.74, 6) is 0.190. The maximum atomic E-state index is 10.8. The zero-order chi connectivity index (χ0) is 15.5. The Balaban J connectivity index is 2.03. The normalized spacial score (nSPS) is 11.6. The summed E-state index contributed by atoms with van der Waals surface area (Å²) < 4.78 is 5.20. The third-order valence-electron chi connectivity index (χ3n) is 3.02. The summed E-state index contributed by atoms with van der Waals surface area (Å²) in [6.45, 7) is 3.73. The first kappa shape index (κ1) is 15.5. The lowest BCUT2D eigenvalue weighted by Crippen LogP contribution is -2.19. The average molecular weight is 309 g/mol. The van der Waals surface area contributed by atoms with Crippen LogP contribution in [0.1, 0.15) is 37.5 Å². The van der Waals surface area contributed by atoms with Crippen LogP contribution >= 0.6 is 11.6 Å². The first-order valence-electron chi connectivity index (χ1n) is 6.62. The Bertz CT molecular complexity index is 637. The maximum Gasteiger partial charge on any atom is 0.303 e. The summed E-state index contributed by atoms with van der Waals surface area (Å²) in [6, 6.07) is 7.47. The van der Waals surface area contributed by atoms with Gasteiger partial charge >= 0.3 is 5.97 Å². The number of carbonyl (C=O) groups is 1. The van der Waals surface area contributed by atoms with Gasteiger partial charge in [0.05, 0.1) is 6.42 Å². The van der Waals surface area contributed by atoms with Crippen LogP contribution in [0.2, 0.25) is 5.02 Å². The zero-order valence-corrected chi connectivity index (χ0v) is 12.7. The number of carboxylic acids is 1. The van der Waals surface area contributed by atoms with Gasteiger partial charge in [-0.1, -0.05) is 42.7 Å². The van der Waals surface area contributed by atoms with Gasteiger partial charge in [0.15, 0.2) is 5.82 Å². The van der Waals surface area contributed by atoms with Crippen LogP contribution in [0.4, 0.5) is 0 Å². The van der Waals surface area contributed by atoms with Gasteiger partial charge in [-0.05, 0) is 23.1 Å². The van der Waals surface area contributed by atoms with Gasteiger partial charge < -0.3 is 9.63 Å². The second-order valence-corrected chi connectivity index (χ2v) is 6.26. The van der Waals surface area contributed by atoms with Crippen molar-refractivity contribution in [2.24, 2.45) is 5.41 Å². The van der Waals surface area contributed by atoms with Crippen LogP contribution in [-0.2, 0) is 17.6 Å². The molecule has 2 rings (SSSR count). The Morgan fingerprint density at radius 1 is 1.43 bits per heavy atom. The molecule has 5 nitrogen and oxygen atoms in total. The molecule has 0 aliphatic rings. The van der Waals surface area contributed by atoms with Crippen molar-refractivity contribution in [3.63, 3.8) is 0 Å². The Kier molecular flexibility index (Phi) is 4.63. The molecule has 0 saturated carbocycles. The van der Waals surface area contributed by atoms with E-state index in [1.807, 2.05) is 32.0 Å². The van der Waals surface area contributed by atoms with Crippen molar-refractivity contribution in [2.75, 3.05) is 0 Å². The largest absolute Gasteiger partial charge is 0.481 e. The number of hydrogen-bond donors (Lipinski definition) is 1. The standard InChI is InChI=1S/C15H17ClN2O3/c1-15(2,9-14(19)20)8-13-17-12(18-21-13)7-10-4-3-5-11(16)6-10/h3-6H,7-9H2,1-2H3,(H,19,20). The smallest absolute Gasteiger partial charge is 0.303 e. The molecule has 0 aliphatic carbocycles. The van der Waals surface area contributed by atoms with E-state index in [9.17, 15) is 4.79 Å². The summed E-state index contributed by atoms with van der Waals surface area (Å²) in [7, 11) is 0. The third-order valence-corrected chi connectivity index (χ3v) is 3.26. The van der Waals surface area contributed by atoms with Crippen LogP contribution in [0.25, 0.3) is 0 Å². The van der Waals surface area contributed by atoms with Crippen molar-refractivity contribution in [1.29, 1.82) is 0 Å². The maximum absolute atomic E-state index is 10.8. The fourth-order valence-electron chi connectivity index (χ4n) is 2.14. The molecule has 0 saturated heterocycles. The molecule has 0 aliphatic heterocycles. The summed E-state index contributed by atoms with van der Waals surface area (Å²) in [5.41, 5.74) is 0.575. The van der Waals surface area contributed by atoms with E-state index in [0.29, 0.717) is 29.6 Å². The van der Waals surface area contributed by atoms with Crippen LogP contribution < -0.4 is 0 Å². The SMILES string of the molecule is CC(C)(CC(=O)O)Cc1nc(Cc2cccc(Cl)c2)no1. The van der Waals surface area contributed by atoms with Gasteiger partial charge in [0.1, 0.15) is 0 Å². The number of aliphatic carboxylic acids is 1. The summed E-state index contributed by atoms with van der Waals surface area (Å²) >= 11 is 5.93. The minimum atomic E-state index is -0.835. The fourth-order valence-corrected chi connectivity index (χ4v) is 2.36. The zero-order valence-electron chi connectivity index (χ0n) is 12.0. The molecule has 0 amide bonds. The van der Waals surface area contributed by atoms with Gasteiger partial charge in [-0.25, -0.2) is 0 Å². The number of aromatic nitrogens is 2. The fraction of sp³-hybridized carbons (Fsp3) is 0.400. The lowest BCUT2D eigenvalue weighted by molar-refractivity contribution is -0.139. The molecule has 6 heteroatoms. The Morgan fingerprint density at radius 3 is 2.86 bits per heavy atom. The van der Waals surface area contributed by atoms with Crippen molar-refractivity contribution in [3.05, 3.63) is 46.6 Å². The van der Waals surface area contributed by atoms with E-state index in [4.69, 9.17) is 21.2 Å².